The second-order valence-electron chi connectivity index (χ2n) is 3.60. The molecule has 4 unspecified atom stereocenters. The van der Waals surface area contributed by atoms with Gasteiger partial charge in [-0.15, -0.1) is 0 Å². The molecule has 6 N–H and O–H groups in total. The number of carbonyl (C=O) groups excluding carboxylic acids is 1. The highest BCUT2D eigenvalue weighted by atomic mass is 31.0. The molecular weight excluding hydrogens is 231 g/mol. The predicted molar refractivity (Wildman–Crippen MR) is 63.6 cm³/mol. The van der Waals surface area contributed by atoms with Crippen molar-refractivity contribution in [2.45, 2.75) is 37.5 Å². The number of hydrogen-bond acceptors (Lipinski definition) is 6. The van der Waals surface area contributed by atoms with Gasteiger partial charge in [0.05, 0.1) is 12.6 Å². The molecule has 4 atom stereocenters. The first kappa shape index (κ1) is 15.9. The van der Waals surface area contributed by atoms with E-state index in [1.54, 1.807) is 0 Å². The average molecular weight is 252 g/mol. The van der Waals surface area contributed by atoms with Gasteiger partial charge < -0.3 is 26.2 Å². The average Bonchev–Trinajstić information content (AvgIpc) is 2.29. The summed E-state index contributed by atoms with van der Waals surface area (Å²) in [5, 5.41) is 18.1. The van der Waals surface area contributed by atoms with E-state index in [-0.39, 0.29) is 0 Å². The van der Waals surface area contributed by atoms with Gasteiger partial charge in [0.25, 0.3) is 0 Å². The Balaban J connectivity index is 4.16. The second kappa shape index (κ2) is 8.98. The van der Waals surface area contributed by atoms with Crippen molar-refractivity contribution >= 4 is 15.2 Å². The van der Waals surface area contributed by atoms with Gasteiger partial charge in [0.1, 0.15) is 12.2 Å². The first-order chi connectivity index (χ1) is 7.58. The minimum absolute atomic E-state index is 0.409. The lowest BCUT2D eigenvalue weighted by Gasteiger charge is -2.21. The maximum Gasteiger partial charge on any atom is 0.181 e. The van der Waals surface area contributed by atoms with Crippen molar-refractivity contribution in [1.29, 1.82) is 0 Å². The van der Waals surface area contributed by atoms with Gasteiger partial charge in [-0.05, 0) is 19.4 Å². The zero-order chi connectivity index (χ0) is 12.6. The Hall–Kier alpha value is -0.100. The molecule has 0 spiro atoms. The lowest BCUT2D eigenvalue weighted by molar-refractivity contribution is -0.133. The molecule has 0 aliphatic carbocycles. The van der Waals surface area contributed by atoms with Gasteiger partial charge in [-0.3, -0.25) is 4.79 Å². The van der Waals surface area contributed by atoms with Gasteiger partial charge in [0.2, 0.25) is 0 Å². The van der Waals surface area contributed by atoms with Crippen LogP contribution in [0.2, 0.25) is 0 Å². The zero-order valence-electron chi connectivity index (χ0n) is 9.21. The standard InChI is InChI=1S/C9H21N2O4P/c10-4-2-1-3-6(11)8(14)9(15-16)7(13)5-12/h6-7,9,12-13H,1-5,10-11,16H2. The van der Waals surface area contributed by atoms with E-state index < -0.39 is 30.6 Å². The van der Waals surface area contributed by atoms with Crippen LogP contribution in [0.3, 0.4) is 0 Å². The molecule has 0 fully saturated rings. The van der Waals surface area contributed by atoms with Crippen LogP contribution in [-0.2, 0) is 9.32 Å². The number of nitrogens with two attached hydrogens (primary N) is 2. The molecule has 0 rings (SSSR count). The molecular formula is C9H21N2O4P. The molecule has 0 bridgehead atoms. The summed E-state index contributed by atoms with van der Waals surface area (Å²) in [6.07, 6.45) is -0.287. The largest absolute Gasteiger partial charge is 0.394 e. The molecule has 96 valence electrons. The number of rotatable bonds is 9. The first-order valence-electron chi connectivity index (χ1n) is 5.22. The van der Waals surface area contributed by atoms with Gasteiger partial charge in [-0.1, -0.05) is 6.42 Å². The van der Waals surface area contributed by atoms with E-state index in [4.69, 9.17) is 21.1 Å². The van der Waals surface area contributed by atoms with Gasteiger partial charge in [0, 0.05) is 9.47 Å². The fourth-order valence-electron chi connectivity index (χ4n) is 1.30. The highest BCUT2D eigenvalue weighted by Gasteiger charge is 2.29. The second-order valence-corrected chi connectivity index (χ2v) is 3.87. The Morgan fingerprint density at radius 3 is 2.50 bits per heavy atom. The number of hydrogen-bond donors (Lipinski definition) is 4. The molecule has 6 nitrogen and oxygen atoms in total. The molecule has 0 aliphatic rings. The van der Waals surface area contributed by atoms with Crippen molar-refractivity contribution < 1.29 is 19.5 Å². The van der Waals surface area contributed by atoms with Crippen molar-refractivity contribution in [1.82, 2.24) is 0 Å². The molecule has 0 saturated carbocycles. The minimum atomic E-state index is -1.24. The highest BCUT2D eigenvalue weighted by molar-refractivity contribution is 7.09. The Bertz CT molecular complexity index is 206. The van der Waals surface area contributed by atoms with Gasteiger partial charge in [-0.25, -0.2) is 0 Å². The van der Waals surface area contributed by atoms with Crippen molar-refractivity contribution in [2.75, 3.05) is 13.2 Å². The minimum Gasteiger partial charge on any atom is -0.394 e. The lowest BCUT2D eigenvalue weighted by atomic mass is 9.99. The molecule has 7 heteroatoms. The fraction of sp³-hybridized carbons (Fsp3) is 0.889. The molecule has 0 radical (unpaired) electrons. The van der Waals surface area contributed by atoms with E-state index in [2.05, 4.69) is 0 Å². The van der Waals surface area contributed by atoms with Crippen molar-refractivity contribution in [3.05, 3.63) is 0 Å². The van der Waals surface area contributed by atoms with Gasteiger partial charge in [0.15, 0.2) is 5.78 Å². The summed E-state index contributed by atoms with van der Waals surface area (Å²) < 4.78 is 4.74. The topological polar surface area (TPSA) is 119 Å². The lowest BCUT2D eigenvalue weighted by Crippen LogP contribution is -2.46. The zero-order valence-corrected chi connectivity index (χ0v) is 10.4. The number of aliphatic hydroxyl groups excluding tert-OH is 2. The maximum atomic E-state index is 11.7. The maximum absolute atomic E-state index is 11.7. The Morgan fingerprint density at radius 2 is 2.06 bits per heavy atom. The van der Waals surface area contributed by atoms with Gasteiger partial charge in [-0.2, -0.15) is 0 Å². The van der Waals surface area contributed by atoms with E-state index in [1.165, 1.54) is 0 Å². The Morgan fingerprint density at radius 1 is 1.44 bits per heavy atom. The van der Waals surface area contributed by atoms with Crippen LogP contribution in [0, 0.1) is 0 Å². The summed E-state index contributed by atoms with van der Waals surface area (Å²) in [7, 11) is 1.90. The van der Waals surface area contributed by atoms with Crippen LogP contribution in [0.25, 0.3) is 0 Å². The summed E-state index contributed by atoms with van der Waals surface area (Å²) in [6, 6.07) is -0.696. The van der Waals surface area contributed by atoms with E-state index in [0.717, 1.165) is 12.8 Å². The van der Waals surface area contributed by atoms with Crippen molar-refractivity contribution in [3.63, 3.8) is 0 Å². The van der Waals surface area contributed by atoms with Crippen LogP contribution in [0.1, 0.15) is 19.3 Å². The summed E-state index contributed by atoms with van der Waals surface area (Å²) >= 11 is 0. The number of aliphatic hydroxyl groups is 2. The molecule has 0 saturated heterocycles. The van der Waals surface area contributed by atoms with Gasteiger partial charge >= 0.3 is 0 Å². The molecule has 16 heavy (non-hydrogen) atoms. The molecule has 0 heterocycles. The van der Waals surface area contributed by atoms with Crippen LogP contribution >= 0.6 is 9.47 Å². The van der Waals surface area contributed by atoms with E-state index >= 15 is 0 Å². The Kier molecular flexibility index (Phi) is 8.93. The smallest absolute Gasteiger partial charge is 0.181 e. The van der Waals surface area contributed by atoms with Crippen LogP contribution in [0.4, 0.5) is 0 Å². The quantitative estimate of drug-likeness (QED) is 0.294. The van der Waals surface area contributed by atoms with Crippen LogP contribution < -0.4 is 11.5 Å². The summed E-state index contributed by atoms with van der Waals surface area (Å²) in [4.78, 5) is 11.7. The van der Waals surface area contributed by atoms with E-state index in [0.29, 0.717) is 13.0 Å². The summed E-state index contributed by atoms with van der Waals surface area (Å²) in [5.74, 6) is -0.409. The van der Waals surface area contributed by atoms with E-state index in [1.807, 2.05) is 9.47 Å². The van der Waals surface area contributed by atoms with Crippen molar-refractivity contribution in [2.24, 2.45) is 11.5 Å². The van der Waals surface area contributed by atoms with Crippen LogP contribution in [0.5, 0.6) is 0 Å². The summed E-state index contributed by atoms with van der Waals surface area (Å²) in [5.41, 5.74) is 11.0. The molecule has 0 aromatic heterocycles. The summed E-state index contributed by atoms with van der Waals surface area (Å²) in [6.45, 7) is 0.0179. The highest BCUT2D eigenvalue weighted by Crippen LogP contribution is 2.10. The van der Waals surface area contributed by atoms with Crippen LogP contribution in [0.15, 0.2) is 0 Å². The SMILES string of the molecule is NCCCCC(N)C(=O)C(OP)C(O)CO. The fourth-order valence-corrected chi connectivity index (χ4v) is 1.62. The van der Waals surface area contributed by atoms with E-state index in [9.17, 15) is 9.90 Å². The molecule has 0 aliphatic heterocycles. The monoisotopic (exact) mass is 252 g/mol. The third-order valence-corrected chi connectivity index (χ3v) is 2.59. The number of carbonyl (C=O) groups is 1. The third-order valence-electron chi connectivity index (χ3n) is 2.30. The molecule has 0 amide bonds. The first-order valence-corrected chi connectivity index (χ1v) is 5.69. The van der Waals surface area contributed by atoms with Crippen molar-refractivity contribution in [3.8, 4) is 0 Å². The number of unbranched alkanes of at least 4 members (excludes halogenated alkanes) is 1. The number of Topliss-reactive ketones (excluding diaryl/α,β-unsaturated/α-hetero) is 1. The molecule has 0 aromatic rings. The molecule has 0 aromatic carbocycles. The normalized spacial score (nSPS) is 16.8. The van der Waals surface area contributed by atoms with Crippen LogP contribution in [-0.4, -0.2) is 47.4 Å². The number of ketones is 1. The Labute approximate surface area is 97.6 Å². The third kappa shape index (κ3) is 5.30. The predicted octanol–water partition coefficient (Wildman–Crippen LogP) is -1.46.